The van der Waals surface area contributed by atoms with Crippen molar-refractivity contribution in [1.82, 2.24) is 15.0 Å². The van der Waals surface area contributed by atoms with Crippen LogP contribution in [0, 0.1) is 5.92 Å². The Kier molecular flexibility index (Phi) is 5.75. The molecule has 0 bridgehead atoms. The lowest BCUT2D eigenvalue weighted by Gasteiger charge is -2.12. The van der Waals surface area contributed by atoms with Gasteiger partial charge in [-0.1, -0.05) is 35.9 Å². The molecular weight excluding hydrogens is 446 g/mol. The fourth-order valence-electron chi connectivity index (χ4n) is 4.47. The number of hydrogen-bond acceptors (Lipinski definition) is 5. The van der Waals surface area contributed by atoms with Crippen LogP contribution in [-0.2, 0) is 21.2 Å². The van der Waals surface area contributed by atoms with E-state index in [0.717, 1.165) is 41.3 Å². The largest absolute Gasteiger partial charge is 0.315 e. The van der Waals surface area contributed by atoms with Gasteiger partial charge in [0.1, 0.15) is 5.78 Å². The van der Waals surface area contributed by atoms with Gasteiger partial charge in [0, 0.05) is 48.1 Å². The highest BCUT2D eigenvalue weighted by atomic mass is 35.5. The summed E-state index contributed by atoms with van der Waals surface area (Å²) < 4.78 is 27.9. The highest BCUT2D eigenvalue weighted by Crippen LogP contribution is 2.48. The number of hydrogen-bond donors (Lipinski definition) is 2. The minimum absolute atomic E-state index is 0.0243. The summed E-state index contributed by atoms with van der Waals surface area (Å²) in [5.74, 6) is 0.329. The molecule has 2 N–H and O–H groups in total. The van der Waals surface area contributed by atoms with Gasteiger partial charge in [-0.2, -0.15) is 0 Å². The molecular formula is C24H24ClN3O3S. The molecule has 2 aliphatic rings. The zero-order valence-electron chi connectivity index (χ0n) is 17.4. The molecule has 2 heterocycles. The summed E-state index contributed by atoms with van der Waals surface area (Å²) in [7, 11) is -3.53. The highest BCUT2D eigenvalue weighted by molar-refractivity contribution is 7.89. The second-order valence-electron chi connectivity index (χ2n) is 8.65. The van der Waals surface area contributed by atoms with E-state index in [1.807, 2.05) is 30.3 Å². The Labute approximate surface area is 192 Å². The van der Waals surface area contributed by atoms with Crippen LogP contribution in [0.1, 0.15) is 29.9 Å². The summed E-state index contributed by atoms with van der Waals surface area (Å²) in [6.07, 6.45) is 5.32. The number of nitrogens with one attached hydrogen (secondary N) is 2. The van der Waals surface area contributed by atoms with Crippen LogP contribution in [-0.4, -0.2) is 38.3 Å². The van der Waals surface area contributed by atoms with E-state index in [-0.39, 0.29) is 28.6 Å². The van der Waals surface area contributed by atoms with E-state index in [9.17, 15) is 13.2 Å². The van der Waals surface area contributed by atoms with E-state index in [4.69, 9.17) is 11.6 Å². The third kappa shape index (κ3) is 4.43. The summed E-state index contributed by atoms with van der Waals surface area (Å²) in [6.45, 7) is 1.48. The Hall–Kier alpha value is -2.32. The molecule has 0 radical (unpaired) electrons. The lowest BCUT2D eigenvalue weighted by Crippen LogP contribution is -2.36. The van der Waals surface area contributed by atoms with Crippen LogP contribution in [0.5, 0.6) is 0 Å². The lowest BCUT2D eigenvalue weighted by atomic mass is 10.0. The Balaban J connectivity index is 1.23. The van der Waals surface area contributed by atoms with Crippen molar-refractivity contribution in [3.05, 3.63) is 71.0 Å². The van der Waals surface area contributed by atoms with Crippen LogP contribution in [0.15, 0.2) is 59.8 Å². The quantitative estimate of drug-likeness (QED) is 0.553. The van der Waals surface area contributed by atoms with E-state index >= 15 is 0 Å². The van der Waals surface area contributed by atoms with Crippen LogP contribution in [0.3, 0.4) is 0 Å². The predicted octanol–water partition coefficient (Wildman–Crippen LogP) is 3.44. The average molecular weight is 470 g/mol. The number of pyridine rings is 1. The number of nitrogens with zero attached hydrogens (tertiary/aromatic N) is 1. The predicted molar refractivity (Wildman–Crippen MR) is 124 cm³/mol. The maximum absolute atomic E-state index is 12.8. The van der Waals surface area contributed by atoms with Gasteiger partial charge in [0.15, 0.2) is 0 Å². The van der Waals surface area contributed by atoms with Crippen molar-refractivity contribution in [2.45, 2.75) is 36.1 Å². The first-order chi connectivity index (χ1) is 15.4. The fraction of sp³-hybridized carbons (Fsp3) is 0.333. The van der Waals surface area contributed by atoms with Gasteiger partial charge in [-0.15, -0.1) is 0 Å². The van der Waals surface area contributed by atoms with Crippen LogP contribution < -0.4 is 10.0 Å². The average Bonchev–Trinajstić information content (AvgIpc) is 3.44. The van der Waals surface area contributed by atoms with Crippen molar-refractivity contribution < 1.29 is 13.2 Å². The summed E-state index contributed by atoms with van der Waals surface area (Å²) in [6, 6.07) is 12.7. The third-order valence-electron chi connectivity index (χ3n) is 6.36. The first-order valence-electron chi connectivity index (χ1n) is 10.8. The molecule has 1 aliphatic heterocycles. The number of halogens is 1. The number of fused-ring (bicyclic) bond motifs is 1. The number of rotatable bonds is 7. The van der Waals surface area contributed by atoms with Gasteiger partial charge in [0.25, 0.3) is 0 Å². The van der Waals surface area contributed by atoms with E-state index in [0.29, 0.717) is 18.0 Å². The van der Waals surface area contributed by atoms with Crippen molar-refractivity contribution in [2.24, 2.45) is 5.92 Å². The van der Waals surface area contributed by atoms with Gasteiger partial charge in [-0.25, -0.2) is 13.1 Å². The molecule has 0 amide bonds. The van der Waals surface area contributed by atoms with Crippen LogP contribution >= 0.6 is 11.6 Å². The first kappa shape index (κ1) is 21.5. The number of Topliss-reactive ketones (excluding diaryl/α,β-unsaturated/α-hetero) is 1. The van der Waals surface area contributed by atoms with Crippen molar-refractivity contribution in [2.75, 3.05) is 13.1 Å². The number of carbonyl (C=O) groups is 1. The van der Waals surface area contributed by atoms with Crippen molar-refractivity contribution in [3.63, 3.8) is 0 Å². The molecule has 1 saturated heterocycles. The van der Waals surface area contributed by atoms with Gasteiger partial charge < -0.3 is 5.32 Å². The lowest BCUT2D eigenvalue weighted by molar-refractivity contribution is -0.119. The number of ketones is 1. The van der Waals surface area contributed by atoms with Crippen molar-refractivity contribution >= 4 is 38.2 Å². The Morgan fingerprint density at radius 3 is 2.72 bits per heavy atom. The van der Waals surface area contributed by atoms with E-state index in [2.05, 4.69) is 15.0 Å². The molecule has 166 valence electrons. The number of aromatic nitrogens is 1. The summed E-state index contributed by atoms with van der Waals surface area (Å²) in [5.41, 5.74) is 1.95. The Morgan fingerprint density at radius 1 is 1.16 bits per heavy atom. The summed E-state index contributed by atoms with van der Waals surface area (Å²) in [4.78, 5) is 17.2. The molecule has 6 nitrogen and oxygen atoms in total. The topological polar surface area (TPSA) is 88.2 Å². The summed E-state index contributed by atoms with van der Waals surface area (Å²) in [5, 5.41) is 5.58. The number of sulfonamides is 1. The zero-order valence-corrected chi connectivity index (χ0v) is 19.0. The first-order valence-corrected chi connectivity index (χ1v) is 12.6. The molecule has 1 unspecified atom stereocenters. The molecule has 1 aliphatic carbocycles. The van der Waals surface area contributed by atoms with Crippen LogP contribution in [0.4, 0.5) is 0 Å². The second-order valence-corrected chi connectivity index (χ2v) is 10.8. The van der Waals surface area contributed by atoms with Crippen molar-refractivity contribution in [3.8, 4) is 0 Å². The number of carbonyl (C=O) groups excluding carboxylic acids is 1. The SMILES string of the molecule is O=C(Cc1ccc2cncc(Cl)c2c1)[C@@H]1C[C@H]1c1ccc(S(=O)(=O)NC2CCNC2)cc1. The third-order valence-corrected chi connectivity index (χ3v) is 8.20. The van der Waals surface area contributed by atoms with Gasteiger partial charge in [0.2, 0.25) is 10.0 Å². The zero-order chi connectivity index (χ0) is 22.3. The molecule has 1 aromatic heterocycles. The van der Waals surface area contributed by atoms with Gasteiger partial charge >= 0.3 is 0 Å². The van der Waals surface area contributed by atoms with Crippen LogP contribution in [0.25, 0.3) is 10.8 Å². The molecule has 8 heteroatoms. The molecule has 5 rings (SSSR count). The van der Waals surface area contributed by atoms with Gasteiger partial charge in [-0.05, 0) is 54.6 Å². The van der Waals surface area contributed by atoms with Crippen LogP contribution in [0.2, 0.25) is 5.02 Å². The van der Waals surface area contributed by atoms with Gasteiger partial charge in [0.05, 0.1) is 9.92 Å². The molecule has 32 heavy (non-hydrogen) atoms. The minimum atomic E-state index is -3.53. The minimum Gasteiger partial charge on any atom is -0.315 e. The maximum atomic E-state index is 12.8. The Bertz CT molecular complexity index is 1270. The molecule has 1 saturated carbocycles. The van der Waals surface area contributed by atoms with Gasteiger partial charge in [-0.3, -0.25) is 9.78 Å². The molecule has 2 fully saturated rings. The monoisotopic (exact) mass is 469 g/mol. The second kappa shape index (κ2) is 8.56. The van der Waals surface area contributed by atoms with E-state index in [1.54, 1.807) is 24.5 Å². The summed E-state index contributed by atoms with van der Waals surface area (Å²) >= 11 is 6.24. The molecule has 3 aromatic rings. The fourth-order valence-corrected chi connectivity index (χ4v) is 5.96. The maximum Gasteiger partial charge on any atom is 0.240 e. The van der Waals surface area contributed by atoms with E-state index in [1.165, 1.54) is 0 Å². The molecule has 0 spiro atoms. The molecule has 2 aromatic carbocycles. The molecule has 3 atom stereocenters. The van der Waals surface area contributed by atoms with Crippen molar-refractivity contribution in [1.29, 1.82) is 0 Å². The van der Waals surface area contributed by atoms with E-state index < -0.39 is 10.0 Å². The highest BCUT2D eigenvalue weighted by Gasteiger charge is 2.43. The normalized spacial score (nSPS) is 22.8. The standard InChI is InChI=1S/C24H24ClN3O3S/c25-23-14-27-12-17-2-1-15(9-21(17)23)10-24(29)22-11-20(22)16-3-5-19(6-4-16)32(30,31)28-18-7-8-26-13-18/h1-6,9,12,14,18,20,22,26,28H,7-8,10-11,13H2/t18?,20-,22+/m0/s1. The smallest absolute Gasteiger partial charge is 0.240 e. The Morgan fingerprint density at radius 2 is 1.97 bits per heavy atom. The number of benzene rings is 2.